The first-order valence-electron chi connectivity index (χ1n) is 5.42. The molecule has 84 valence electrons. The van der Waals surface area contributed by atoms with Crippen molar-refractivity contribution in [2.45, 2.75) is 20.3 Å². The van der Waals surface area contributed by atoms with E-state index in [0.29, 0.717) is 0 Å². The Labute approximate surface area is 91.4 Å². The van der Waals surface area contributed by atoms with Crippen LogP contribution in [0.3, 0.4) is 0 Å². The zero-order valence-corrected chi connectivity index (χ0v) is 9.77. The number of hydrogen-bond acceptors (Lipinski definition) is 3. The Bertz CT molecular complexity index is 301. The molecule has 0 fully saturated rings. The lowest BCUT2D eigenvalue weighted by Crippen LogP contribution is -2.20. The molecule has 0 aliphatic rings. The van der Waals surface area contributed by atoms with E-state index in [4.69, 9.17) is 0 Å². The first kappa shape index (κ1) is 11.9. The van der Waals surface area contributed by atoms with Crippen LogP contribution in [0.15, 0.2) is 12.3 Å². The lowest BCUT2D eigenvalue weighted by atomic mass is 10.2. The lowest BCUT2D eigenvalue weighted by molar-refractivity contribution is 0.557. The summed E-state index contributed by atoms with van der Waals surface area (Å²) in [6, 6.07) is 0. The van der Waals surface area contributed by atoms with Gasteiger partial charge in [0.15, 0.2) is 0 Å². The molecule has 0 atom stereocenters. The van der Waals surface area contributed by atoms with E-state index < -0.39 is 0 Å². The first-order valence-corrected chi connectivity index (χ1v) is 5.42. The summed E-state index contributed by atoms with van der Waals surface area (Å²) in [5, 5.41) is 11.1. The molecule has 1 rings (SSSR count). The molecular weight excluding hydrogens is 188 g/mol. The average Bonchev–Trinajstić information content (AvgIpc) is 2.57. The lowest BCUT2D eigenvalue weighted by Gasteiger charge is -2.04. The molecule has 0 saturated heterocycles. The third kappa shape index (κ3) is 4.74. The minimum Gasteiger partial charge on any atom is -0.316 e. The van der Waals surface area contributed by atoms with E-state index in [9.17, 15) is 0 Å². The predicted octanol–water partition coefficient (Wildman–Crippen LogP) is 1.46. The van der Waals surface area contributed by atoms with E-state index in [-0.39, 0.29) is 0 Å². The van der Waals surface area contributed by atoms with Crippen LogP contribution in [0.1, 0.15) is 26.0 Å². The van der Waals surface area contributed by atoms with Gasteiger partial charge in [0, 0.05) is 7.05 Å². The molecule has 0 saturated carbocycles. The van der Waals surface area contributed by atoms with Gasteiger partial charge < -0.3 is 5.32 Å². The molecule has 0 aliphatic carbocycles. The average molecular weight is 208 g/mol. The quantitative estimate of drug-likeness (QED) is 0.720. The molecule has 1 aromatic heterocycles. The van der Waals surface area contributed by atoms with E-state index in [1.807, 2.05) is 7.05 Å². The first-order chi connectivity index (χ1) is 7.20. The van der Waals surface area contributed by atoms with Crippen molar-refractivity contribution in [1.82, 2.24) is 20.3 Å². The highest BCUT2D eigenvalue weighted by molar-refractivity contribution is 5.42. The topological polar surface area (TPSA) is 42.7 Å². The Morgan fingerprint density at radius 2 is 2.33 bits per heavy atom. The van der Waals surface area contributed by atoms with Crippen molar-refractivity contribution in [3.8, 4) is 0 Å². The van der Waals surface area contributed by atoms with Gasteiger partial charge in [-0.1, -0.05) is 25.1 Å². The molecule has 0 aromatic carbocycles. The van der Waals surface area contributed by atoms with Gasteiger partial charge in [-0.05, 0) is 31.5 Å². The van der Waals surface area contributed by atoms with Crippen molar-refractivity contribution in [1.29, 1.82) is 0 Å². The zero-order valence-electron chi connectivity index (χ0n) is 9.77. The fourth-order valence-corrected chi connectivity index (χ4v) is 1.23. The van der Waals surface area contributed by atoms with E-state index in [0.717, 1.165) is 31.1 Å². The second kappa shape index (κ2) is 6.35. The highest BCUT2D eigenvalue weighted by atomic mass is 15.4. The van der Waals surface area contributed by atoms with Crippen LogP contribution in [0.2, 0.25) is 0 Å². The van der Waals surface area contributed by atoms with Crippen LogP contribution < -0.4 is 5.32 Å². The summed E-state index contributed by atoms with van der Waals surface area (Å²) in [7, 11) is 1.89. The summed E-state index contributed by atoms with van der Waals surface area (Å²) in [6.45, 7) is 6.54. The monoisotopic (exact) mass is 208 g/mol. The van der Waals surface area contributed by atoms with Crippen LogP contribution in [-0.4, -0.2) is 28.1 Å². The Hall–Kier alpha value is -1.16. The fraction of sp³-hybridized carbons (Fsp3) is 0.636. The van der Waals surface area contributed by atoms with Crippen molar-refractivity contribution in [3.63, 3.8) is 0 Å². The van der Waals surface area contributed by atoms with Gasteiger partial charge in [0.1, 0.15) is 0 Å². The molecule has 0 spiro atoms. The number of aryl methyl sites for hydroxylation is 1. The standard InChI is InChI=1S/C11H20N4/c1-10(2)8-12-7-5-4-6-11-9-13-14-15(11)3/h4,6,9-10,12H,5,7-8H2,1-3H3/b6-4+. The summed E-state index contributed by atoms with van der Waals surface area (Å²) in [4.78, 5) is 0. The minimum absolute atomic E-state index is 0.718. The van der Waals surface area contributed by atoms with Gasteiger partial charge in [0.2, 0.25) is 0 Å². The van der Waals surface area contributed by atoms with E-state index in [2.05, 4.69) is 41.6 Å². The Morgan fingerprint density at radius 1 is 1.53 bits per heavy atom. The normalized spacial score (nSPS) is 11.7. The molecule has 1 heterocycles. The molecule has 0 bridgehead atoms. The number of aromatic nitrogens is 3. The van der Waals surface area contributed by atoms with Crippen molar-refractivity contribution in [2.75, 3.05) is 13.1 Å². The molecule has 0 amide bonds. The van der Waals surface area contributed by atoms with E-state index in [1.165, 1.54) is 0 Å². The third-order valence-electron chi connectivity index (χ3n) is 2.08. The van der Waals surface area contributed by atoms with Gasteiger partial charge in [0.05, 0.1) is 11.9 Å². The minimum atomic E-state index is 0.718. The van der Waals surface area contributed by atoms with Crippen molar-refractivity contribution < 1.29 is 0 Å². The molecule has 1 N–H and O–H groups in total. The Balaban J connectivity index is 2.15. The predicted molar refractivity (Wildman–Crippen MR) is 62.4 cm³/mol. The maximum absolute atomic E-state index is 3.85. The van der Waals surface area contributed by atoms with Crippen LogP contribution in [0.4, 0.5) is 0 Å². The Kier molecular flexibility index (Phi) is 5.04. The maximum Gasteiger partial charge on any atom is 0.0806 e. The van der Waals surface area contributed by atoms with Crippen molar-refractivity contribution >= 4 is 6.08 Å². The SMILES string of the molecule is CC(C)CNCC/C=C/c1cnnn1C. The number of nitrogens with zero attached hydrogens (tertiary/aromatic N) is 3. The van der Waals surface area contributed by atoms with Gasteiger partial charge in [-0.3, -0.25) is 0 Å². The second-order valence-corrected chi connectivity index (χ2v) is 4.07. The number of hydrogen-bond donors (Lipinski definition) is 1. The molecule has 15 heavy (non-hydrogen) atoms. The second-order valence-electron chi connectivity index (χ2n) is 4.07. The van der Waals surface area contributed by atoms with Crippen LogP contribution >= 0.6 is 0 Å². The molecular formula is C11H20N4. The van der Waals surface area contributed by atoms with E-state index in [1.54, 1.807) is 10.9 Å². The number of nitrogens with one attached hydrogen (secondary N) is 1. The molecule has 4 heteroatoms. The summed E-state index contributed by atoms with van der Waals surface area (Å²) >= 11 is 0. The highest BCUT2D eigenvalue weighted by Gasteiger charge is 1.93. The fourth-order valence-electron chi connectivity index (χ4n) is 1.23. The van der Waals surface area contributed by atoms with Gasteiger partial charge >= 0.3 is 0 Å². The van der Waals surface area contributed by atoms with Crippen molar-refractivity contribution in [2.24, 2.45) is 13.0 Å². The third-order valence-corrected chi connectivity index (χ3v) is 2.08. The van der Waals surface area contributed by atoms with Crippen LogP contribution in [0.5, 0.6) is 0 Å². The maximum atomic E-state index is 3.85. The summed E-state index contributed by atoms with van der Waals surface area (Å²) < 4.78 is 1.76. The Morgan fingerprint density at radius 3 is 2.93 bits per heavy atom. The molecule has 0 radical (unpaired) electrons. The van der Waals surface area contributed by atoms with Crippen molar-refractivity contribution in [3.05, 3.63) is 18.0 Å². The summed E-state index contributed by atoms with van der Waals surface area (Å²) in [5.41, 5.74) is 1.04. The molecule has 0 unspecified atom stereocenters. The van der Waals surface area contributed by atoms with Crippen LogP contribution in [0, 0.1) is 5.92 Å². The molecule has 4 nitrogen and oxygen atoms in total. The summed E-state index contributed by atoms with van der Waals surface area (Å²) in [6.07, 6.45) is 7.00. The smallest absolute Gasteiger partial charge is 0.0806 e. The van der Waals surface area contributed by atoms with Crippen LogP contribution in [-0.2, 0) is 7.05 Å². The number of rotatable bonds is 6. The van der Waals surface area contributed by atoms with Gasteiger partial charge in [0.25, 0.3) is 0 Å². The van der Waals surface area contributed by atoms with Crippen LogP contribution in [0.25, 0.3) is 6.08 Å². The van der Waals surface area contributed by atoms with Gasteiger partial charge in [-0.2, -0.15) is 0 Å². The van der Waals surface area contributed by atoms with Gasteiger partial charge in [-0.15, -0.1) is 5.10 Å². The highest BCUT2D eigenvalue weighted by Crippen LogP contribution is 1.97. The van der Waals surface area contributed by atoms with Gasteiger partial charge in [-0.25, -0.2) is 4.68 Å². The largest absolute Gasteiger partial charge is 0.316 e. The molecule has 0 aliphatic heterocycles. The summed E-state index contributed by atoms with van der Waals surface area (Å²) in [5.74, 6) is 0.718. The van der Waals surface area contributed by atoms with E-state index >= 15 is 0 Å². The zero-order chi connectivity index (χ0) is 11.1. The molecule has 1 aromatic rings.